The molecule has 24 heavy (non-hydrogen) atoms. The van der Waals surface area contributed by atoms with Crippen LogP contribution in [-0.2, 0) is 9.59 Å². The van der Waals surface area contributed by atoms with Crippen LogP contribution in [0.15, 0.2) is 11.6 Å². The molecule has 0 aliphatic heterocycles. The van der Waals surface area contributed by atoms with E-state index in [-0.39, 0.29) is 40.8 Å². The van der Waals surface area contributed by atoms with Gasteiger partial charge in [-0.1, -0.05) is 26.3 Å². The predicted molar refractivity (Wildman–Crippen MR) is 91.2 cm³/mol. The maximum atomic E-state index is 13.1. The van der Waals surface area contributed by atoms with E-state index in [1.54, 1.807) is 6.08 Å². The molecule has 0 amide bonds. The summed E-state index contributed by atoms with van der Waals surface area (Å²) in [5.74, 6) is 0.484. The second kappa shape index (κ2) is 5.50. The number of carbonyl (C=O) groups is 2. The summed E-state index contributed by atoms with van der Waals surface area (Å²) in [5, 5.41) is 19.6. The van der Waals surface area contributed by atoms with Crippen LogP contribution >= 0.6 is 0 Å². The third kappa shape index (κ3) is 2.33. The van der Waals surface area contributed by atoms with Crippen LogP contribution in [0.5, 0.6) is 0 Å². The first-order valence-corrected chi connectivity index (χ1v) is 9.10. The predicted octanol–water partition coefficient (Wildman–Crippen LogP) is 2.67. The Bertz CT molecular complexity index is 609. The van der Waals surface area contributed by atoms with Gasteiger partial charge in [-0.15, -0.1) is 0 Å². The van der Waals surface area contributed by atoms with Gasteiger partial charge in [0.2, 0.25) is 0 Å². The average Bonchev–Trinajstić information content (AvgIpc) is 2.51. The second-order valence-electron chi connectivity index (χ2n) is 9.23. The van der Waals surface area contributed by atoms with Crippen LogP contribution in [0.3, 0.4) is 0 Å². The van der Waals surface area contributed by atoms with Gasteiger partial charge in [-0.3, -0.25) is 9.59 Å². The van der Waals surface area contributed by atoms with E-state index in [4.69, 9.17) is 0 Å². The fraction of sp³-hybridized carbons (Fsp3) is 0.800. The highest BCUT2D eigenvalue weighted by Crippen LogP contribution is 2.65. The molecular weight excluding hydrogens is 304 g/mol. The van der Waals surface area contributed by atoms with E-state index in [1.807, 2.05) is 13.8 Å². The molecule has 0 aromatic carbocycles. The van der Waals surface area contributed by atoms with Crippen LogP contribution < -0.4 is 0 Å². The Hall–Kier alpha value is -1.00. The number of rotatable bonds is 2. The quantitative estimate of drug-likeness (QED) is 0.814. The van der Waals surface area contributed by atoms with Gasteiger partial charge in [0.1, 0.15) is 5.78 Å². The molecule has 4 nitrogen and oxygen atoms in total. The molecule has 0 heterocycles. The number of hydrogen-bond acceptors (Lipinski definition) is 4. The van der Waals surface area contributed by atoms with Gasteiger partial charge in [-0.25, -0.2) is 0 Å². The highest BCUT2D eigenvalue weighted by atomic mass is 16.3. The molecule has 0 spiro atoms. The Labute approximate surface area is 144 Å². The zero-order valence-electron chi connectivity index (χ0n) is 15.3. The molecule has 6 atom stereocenters. The van der Waals surface area contributed by atoms with Crippen molar-refractivity contribution in [2.45, 2.75) is 65.9 Å². The lowest BCUT2D eigenvalue weighted by molar-refractivity contribution is -0.163. The summed E-state index contributed by atoms with van der Waals surface area (Å²) in [5.41, 5.74) is 0.190. The molecule has 2 N–H and O–H groups in total. The van der Waals surface area contributed by atoms with Crippen molar-refractivity contribution in [2.24, 2.45) is 28.1 Å². The van der Waals surface area contributed by atoms with E-state index < -0.39 is 11.5 Å². The lowest BCUT2D eigenvalue weighted by Gasteiger charge is -2.61. The van der Waals surface area contributed by atoms with Gasteiger partial charge in [-0.2, -0.15) is 0 Å². The first-order chi connectivity index (χ1) is 11.1. The fourth-order valence-corrected chi connectivity index (χ4v) is 5.83. The summed E-state index contributed by atoms with van der Waals surface area (Å²) in [6, 6.07) is 0. The Kier molecular flexibility index (Phi) is 4.08. The smallest absolute Gasteiger partial charge is 0.155 e. The van der Waals surface area contributed by atoms with E-state index in [2.05, 4.69) is 13.8 Å². The SMILES string of the molecule is CC1=CC(=O)CC2C1(C)CC(=O)C1CC(C)(C(O)CO)CCC12C. The van der Waals surface area contributed by atoms with E-state index in [9.17, 15) is 19.8 Å². The Morgan fingerprint density at radius 1 is 1.25 bits per heavy atom. The number of fused-ring (bicyclic) bond motifs is 3. The lowest BCUT2D eigenvalue weighted by Crippen LogP contribution is -2.59. The number of ketones is 2. The number of hydrogen-bond donors (Lipinski definition) is 2. The Morgan fingerprint density at radius 3 is 2.54 bits per heavy atom. The first kappa shape index (κ1) is 17.8. The second-order valence-corrected chi connectivity index (χ2v) is 9.23. The van der Waals surface area contributed by atoms with Crippen molar-refractivity contribution in [2.75, 3.05) is 6.61 Å². The first-order valence-electron chi connectivity index (χ1n) is 9.10. The van der Waals surface area contributed by atoms with Crippen molar-refractivity contribution in [3.63, 3.8) is 0 Å². The number of aliphatic hydroxyl groups excluding tert-OH is 2. The van der Waals surface area contributed by atoms with Gasteiger partial charge in [0.25, 0.3) is 0 Å². The van der Waals surface area contributed by atoms with E-state index in [1.165, 1.54) is 0 Å². The van der Waals surface area contributed by atoms with E-state index in [0.29, 0.717) is 19.3 Å². The van der Waals surface area contributed by atoms with Crippen molar-refractivity contribution in [3.05, 3.63) is 11.6 Å². The van der Waals surface area contributed by atoms with Crippen molar-refractivity contribution in [1.82, 2.24) is 0 Å². The van der Waals surface area contributed by atoms with Gasteiger partial charge < -0.3 is 10.2 Å². The van der Waals surface area contributed by atoms with Gasteiger partial charge in [-0.05, 0) is 54.4 Å². The molecule has 2 fully saturated rings. The van der Waals surface area contributed by atoms with E-state index >= 15 is 0 Å². The molecule has 3 aliphatic rings. The Balaban J connectivity index is 2.00. The van der Waals surface area contributed by atoms with Gasteiger partial charge in [0, 0.05) is 18.8 Å². The molecule has 3 aliphatic carbocycles. The topological polar surface area (TPSA) is 74.6 Å². The molecule has 134 valence electrons. The number of carbonyl (C=O) groups excluding carboxylic acids is 2. The number of aliphatic hydroxyl groups is 2. The summed E-state index contributed by atoms with van der Waals surface area (Å²) in [6.07, 6.45) is 4.14. The fourth-order valence-electron chi connectivity index (χ4n) is 5.83. The highest BCUT2D eigenvalue weighted by molar-refractivity contribution is 5.93. The van der Waals surface area contributed by atoms with Crippen LogP contribution in [0, 0.1) is 28.1 Å². The maximum Gasteiger partial charge on any atom is 0.155 e. The van der Waals surface area contributed by atoms with E-state index in [0.717, 1.165) is 18.4 Å². The van der Waals surface area contributed by atoms with Crippen molar-refractivity contribution in [1.29, 1.82) is 0 Å². The summed E-state index contributed by atoms with van der Waals surface area (Å²) in [7, 11) is 0. The van der Waals surface area contributed by atoms with Crippen molar-refractivity contribution in [3.8, 4) is 0 Å². The molecule has 2 saturated carbocycles. The monoisotopic (exact) mass is 334 g/mol. The maximum absolute atomic E-state index is 13.1. The third-order valence-electron chi connectivity index (χ3n) is 7.86. The zero-order valence-corrected chi connectivity index (χ0v) is 15.3. The molecule has 0 saturated heterocycles. The van der Waals surface area contributed by atoms with Crippen LogP contribution in [0.1, 0.15) is 59.8 Å². The molecule has 6 unspecified atom stereocenters. The normalized spacial score (nSPS) is 46.8. The van der Waals surface area contributed by atoms with Crippen LogP contribution in [0.2, 0.25) is 0 Å². The molecule has 0 radical (unpaired) electrons. The summed E-state index contributed by atoms with van der Waals surface area (Å²) in [6.45, 7) is 8.02. The summed E-state index contributed by atoms with van der Waals surface area (Å²) >= 11 is 0. The molecule has 0 bridgehead atoms. The summed E-state index contributed by atoms with van der Waals surface area (Å²) in [4.78, 5) is 25.3. The summed E-state index contributed by atoms with van der Waals surface area (Å²) < 4.78 is 0. The molecular formula is C20H30O4. The highest BCUT2D eigenvalue weighted by Gasteiger charge is 2.62. The average molecular weight is 334 g/mol. The molecule has 4 heteroatoms. The molecule has 0 aromatic rings. The number of Topliss-reactive ketones (excluding diaryl/α,β-unsaturated/α-hetero) is 1. The zero-order chi connectivity index (χ0) is 17.9. The third-order valence-corrected chi connectivity index (χ3v) is 7.86. The van der Waals surface area contributed by atoms with Crippen LogP contribution in [0.25, 0.3) is 0 Å². The van der Waals surface area contributed by atoms with Gasteiger partial charge in [0.15, 0.2) is 5.78 Å². The van der Waals surface area contributed by atoms with Crippen molar-refractivity contribution >= 4 is 11.6 Å². The largest absolute Gasteiger partial charge is 0.394 e. The minimum atomic E-state index is -0.794. The van der Waals surface area contributed by atoms with Crippen LogP contribution in [-0.4, -0.2) is 34.5 Å². The van der Waals surface area contributed by atoms with Crippen molar-refractivity contribution < 1.29 is 19.8 Å². The number of allylic oxidation sites excluding steroid dienone is 2. The standard InChI is InChI=1S/C20H30O4/c1-12-7-13(22)8-16-19(3)6-5-18(2,17(24)11-21)9-14(19)15(23)10-20(12,16)4/h7,14,16-17,21,24H,5-6,8-11H2,1-4H3. The molecule has 0 aromatic heterocycles. The van der Waals surface area contributed by atoms with Gasteiger partial charge >= 0.3 is 0 Å². The Morgan fingerprint density at radius 2 is 1.92 bits per heavy atom. The molecule has 3 rings (SSSR count). The van der Waals surface area contributed by atoms with Crippen LogP contribution in [0.4, 0.5) is 0 Å². The minimum Gasteiger partial charge on any atom is -0.394 e. The lowest BCUT2D eigenvalue weighted by atomic mass is 9.42. The minimum absolute atomic E-state index is 0.130. The van der Waals surface area contributed by atoms with Gasteiger partial charge in [0.05, 0.1) is 12.7 Å².